The molecule has 0 spiro atoms. The molecule has 0 aliphatic heterocycles. The van der Waals surface area contributed by atoms with Gasteiger partial charge in [0.2, 0.25) is 5.95 Å². The summed E-state index contributed by atoms with van der Waals surface area (Å²) in [5.41, 5.74) is 4.06. The van der Waals surface area contributed by atoms with Gasteiger partial charge in [-0.25, -0.2) is 4.98 Å². The zero-order valence-corrected chi connectivity index (χ0v) is 13.1. The first-order valence-electron chi connectivity index (χ1n) is 7.63. The maximum Gasteiger partial charge on any atom is 0.229 e. The Balaban J connectivity index is 1.55. The van der Waals surface area contributed by atoms with E-state index < -0.39 is 0 Å². The van der Waals surface area contributed by atoms with Crippen molar-refractivity contribution in [1.82, 2.24) is 20.2 Å². The van der Waals surface area contributed by atoms with Gasteiger partial charge in [-0.05, 0) is 48.9 Å². The minimum absolute atomic E-state index is 0.549. The smallest absolute Gasteiger partial charge is 0.229 e. The monoisotopic (exact) mass is 316 g/mol. The zero-order valence-electron chi connectivity index (χ0n) is 13.1. The second-order valence-corrected chi connectivity index (χ2v) is 5.56. The molecular weight excluding hydrogens is 300 g/mol. The molecule has 2 heterocycles. The van der Waals surface area contributed by atoms with E-state index >= 15 is 0 Å². The van der Waals surface area contributed by atoms with Crippen molar-refractivity contribution in [2.45, 2.75) is 6.92 Å². The van der Waals surface area contributed by atoms with Crippen LogP contribution in [-0.2, 0) is 0 Å². The Hall–Kier alpha value is -3.41. The predicted molar refractivity (Wildman–Crippen MR) is 95.9 cm³/mol. The van der Waals surface area contributed by atoms with Crippen LogP contribution in [0.4, 0.5) is 23.1 Å². The van der Waals surface area contributed by atoms with Crippen molar-refractivity contribution in [1.29, 1.82) is 0 Å². The van der Waals surface area contributed by atoms with Crippen LogP contribution in [0, 0.1) is 6.92 Å². The van der Waals surface area contributed by atoms with Crippen molar-refractivity contribution in [2.24, 2.45) is 0 Å². The maximum atomic E-state index is 4.50. The van der Waals surface area contributed by atoms with Crippen LogP contribution in [0.25, 0.3) is 10.9 Å². The van der Waals surface area contributed by atoms with Crippen LogP contribution in [0.2, 0.25) is 0 Å². The quantitative estimate of drug-likeness (QED) is 0.527. The lowest BCUT2D eigenvalue weighted by molar-refractivity contribution is 1.12. The van der Waals surface area contributed by atoms with E-state index in [9.17, 15) is 0 Å². The van der Waals surface area contributed by atoms with Gasteiger partial charge in [-0.1, -0.05) is 12.1 Å². The number of rotatable bonds is 4. The molecule has 0 aliphatic carbocycles. The summed E-state index contributed by atoms with van der Waals surface area (Å²) in [5.74, 6) is 1.27. The van der Waals surface area contributed by atoms with Gasteiger partial charge in [0, 0.05) is 23.0 Å². The maximum absolute atomic E-state index is 4.50. The Bertz CT molecular complexity index is 991. The SMILES string of the molecule is Cc1cccc(Nc2nccc(Nc3ccc4cn[nH]c4c3)n2)c1. The highest BCUT2D eigenvalue weighted by atomic mass is 15.1. The molecule has 2 aromatic carbocycles. The summed E-state index contributed by atoms with van der Waals surface area (Å²) in [5, 5.41) is 14.6. The number of aromatic amines is 1. The predicted octanol–water partition coefficient (Wildman–Crippen LogP) is 4.15. The number of aromatic nitrogens is 4. The van der Waals surface area contributed by atoms with Crippen molar-refractivity contribution in [3.63, 3.8) is 0 Å². The second kappa shape index (κ2) is 6.00. The van der Waals surface area contributed by atoms with Gasteiger partial charge in [0.25, 0.3) is 0 Å². The molecule has 0 unspecified atom stereocenters. The fourth-order valence-electron chi connectivity index (χ4n) is 2.50. The van der Waals surface area contributed by atoms with Crippen molar-refractivity contribution in [3.05, 3.63) is 66.5 Å². The molecule has 6 heteroatoms. The number of benzene rings is 2. The molecule has 0 amide bonds. The van der Waals surface area contributed by atoms with E-state index in [0.29, 0.717) is 5.95 Å². The lowest BCUT2D eigenvalue weighted by atomic mass is 10.2. The van der Waals surface area contributed by atoms with Crippen molar-refractivity contribution in [3.8, 4) is 0 Å². The Kier molecular flexibility index (Phi) is 3.55. The number of H-pyrrole nitrogens is 1. The Morgan fingerprint density at radius 1 is 0.958 bits per heavy atom. The minimum atomic E-state index is 0.549. The molecule has 0 bridgehead atoms. The Labute approximate surface area is 139 Å². The number of anilines is 4. The van der Waals surface area contributed by atoms with Crippen LogP contribution >= 0.6 is 0 Å². The summed E-state index contributed by atoms with van der Waals surface area (Å²) in [6, 6.07) is 15.9. The van der Waals surface area contributed by atoms with Gasteiger partial charge in [0.1, 0.15) is 5.82 Å². The van der Waals surface area contributed by atoms with E-state index in [-0.39, 0.29) is 0 Å². The lowest BCUT2D eigenvalue weighted by Gasteiger charge is -2.09. The van der Waals surface area contributed by atoms with Crippen LogP contribution in [0.15, 0.2) is 60.9 Å². The summed E-state index contributed by atoms with van der Waals surface area (Å²) in [6.07, 6.45) is 3.52. The summed E-state index contributed by atoms with van der Waals surface area (Å²) >= 11 is 0. The molecule has 0 radical (unpaired) electrons. The molecule has 0 atom stereocenters. The highest BCUT2D eigenvalue weighted by Gasteiger charge is 2.03. The van der Waals surface area contributed by atoms with E-state index in [4.69, 9.17) is 0 Å². The van der Waals surface area contributed by atoms with Crippen LogP contribution in [0.5, 0.6) is 0 Å². The van der Waals surface area contributed by atoms with Crippen molar-refractivity contribution in [2.75, 3.05) is 10.6 Å². The van der Waals surface area contributed by atoms with Crippen molar-refractivity contribution < 1.29 is 0 Å². The van der Waals surface area contributed by atoms with Gasteiger partial charge in [-0.2, -0.15) is 10.1 Å². The molecular formula is C18H16N6. The number of hydrogen-bond donors (Lipinski definition) is 3. The lowest BCUT2D eigenvalue weighted by Crippen LogP contribution is -2.00. The van der Waals surface area contributed by atoms with Gasteiger partial charge >= 0.3 is 0 Å². The number of fused-ring (bicyclic) bond motifs is 1. The molecule has 0 saturated carbocycles. The number of nitrogens with zero attached hydrogens (tertiary/aromatic N) is 3. The number of nitrogens with one attached hydrogen (secondary N) is 3. The molecule has 0 saturated heterocycles. The van der Waals surface area contributed by atoms with Crippen molar-refractivity contribution >= 4 is 34.0 Å². The average molecular weight is 316 g/mol. The largest absolute Gasteiger partial charge is 0.340 e. The fourth-order valence-corrected chi connectivity index (χ4v) is 2.50. The normalized spacial score (nSPS) is 10.7. The fraction of sp³-hybridized carbons (Fsp3) is 0.0556. The molecule has 4 aromatic rings. The molecule has 0 fully saturated rings. The van der Waals surface area contributed by atoms with E-state index in [1.165, 1.54) is 5.56 Å². The third-order valence-electron chi connectivity index (χ3n) is 3.64. The molecule has 6 nitrogen and oxygen atoms in total. The summed E-state index contributed by atoms with van der Waals surface area (Å²) in [7, 11) is 0. The highest BCUT2D eigenvalue weighted by molar-refractivity contribution is 5.82. The average Bonchev–Trinajstić information content (AvgIpc) is 3.03. The van der Waals surface area contributed by atoms with Gasteiger partial charge in [-0.15, -0.1) is 0 Å². The van der Waals surface area contributed by atoms with E-state index in [1.807, 2.05) is 36.4 Å². The zero-order chi connectivity index (χ0) is 16.4. The van der Waals surface area contributed by atoms with Crippen LogP contribution in [-0.4, -0.2) is 20.2 Å². The third-order valence-corrected chi connectivity index (χ3v) is 3.64. The Morgan fingerprint density at radius 2 is 1.88 bits per heavy atom. The minimum Gasteiger partial charge on any atom is -0.340 e. The summed E-state index contributed by atoms with van der Waals surface area (Å²) in [4.78, 5) is 8.77. The van der Waals surface area contributed by atoms with Gasteiger partial charge < -0.3 is 10.6 Å². The van der Waals surface area contributed by atoms with Crippen LogP contribution < -0.4 is 10.6 Å². The number of aryl methyl sites for hydroxylation is 1. The molecule has 118 valence electrons. The van der Waals surface area contributed by atoms with Gasteiger partial charge in [-0.3, -0.25) is 5.10 Å². The van der Waals surface area contributed by atoms with Gasteiger partial charge in [0.15, 0.2) is 0 Å². The first-order valence-corrected chi connectivity index (χ1v) is 7.63. The first kappa shape index (κ1) is 14.2. The second-order valence-electron chi connectivity index (χ2n) is 5.56. The standard InChI is InChI=1S/C18H16N6/c1-12-3-2-4-14(9-12)22-18-19-8-7-17(23-18)21-15-6-5-13-11-20-24-16(13)10-15/h2-11H,1H3,(H,20,24)(H2,19,21,22,23). The molecule has 4 rings (SSSR count). The number of hydrogen-bond acceptors (Lipinski definition) is 5. The first-order chi connectivity index (χ1) is 11.8. The summed E-state index contributed by atoms with van der Waals surface area (Å²) < 4.78 is 0. The Morgan fingerprint density at radius 3 is 2.79 bits per heavy atom. The summed E-state index contributed by atoms with van der Waals surface area (Å²) in [6.45, 7) is 2.05. The van der Waals surface area contributed by atoms with E-state index in [1.54, 1.807) is 12.4 Å². The van der Waals surface area contributed by atoms with E-state index in [0.717, 1.165) is 28.1 Å². The molecule has 0 aliphatic rings. The molecule has 24 heavy (non-hydrogen) atoms. The third kappa shape index (κ3) is 3.03. The van der Waals surface area contributed by atoms with Crippen LogP contribution in [0.3, 0.4) is 0 Å². The molecule has 2 aromatic heterocycles. The topological polar surface area (TPSA) is 78.5 Å². The van der Waals surface area contributed by atoms with Gasteiger partial charge in [0.05, 0.1) is 11.7 Å². The molecule has 3 N–H and O–H groups in total. The van der Waals surface area contributed by atoms with E-state index in [2.05, 4.69) is 49.9 Å². The highest BCUT2D eigenvalue weighted by Crippen LogP contribution is 2.21. The van der Waals surface area contributed by atoms with Crippen LogP contribution in [0.1, 0.15) is 5.56 Å².